The van der Waals surface area contributed by atoms with Crippen molar-refractivity contribution in [1.82, 2.24) is 14.8 Å². The van der Waals surface area contributed by atoms with Crippen LogP contribution in [0.5, 0.6) is 0 Å². The zero-order chi connectivity index (χ0) is 12.4. The first-order valence-corrected chi connectivity index (χ1v) is 5.28. The molecule has 0 radical (unpaired) electrons. The predicted octanol–water partition coefficient (Wildman–Crippen LogP) is 1.65. The van der Waals surface area contributed by atoms with E-state index >= 15 is 0 Å². The molecule has 0 spiro atoms. The minimum absolute atomic E-state index is 0.148. The van der Waals surface area contributed by atoms with Gasteiger partial charge in [0.2, 0.25) is 0 Å². The number of ether oxygens (including phenoxy) is 1. The fraction of sp³-hybridized carbons (Fsp3) is 0.364. The topological polar surface area (TPSA) is 70.2 Å². The van der Waals surface area contributed by atoms with E-state index in [0.717, 1.165) is 11.4 Å². The monoisotopic (exact) mass is 235 g/mol. The zero-order valence-electron chi connectivity index (χ0n) is 9.93. The molecule has 2 heterocycles. The van der Waals surface area contributed by atoms with E-state index in [9.17, 15) is 4.79 Å². The quantitative estimate of drug-likeness (QED) is 0.756. The molecule has 0 fully saturated rings. The van der Waals surface area contributed by atoms with E-state index in [-0.39, 0.29) is 11.7 Å². The maximum atomic E-state index is 11.4. The van der Waals surface area contributed by atoms with Gasteiger partial charge in [0, 0.05) is 5.69 Å². The Kier molecular flexibility index (Phi) is 2.95. The molecule has 0 bridgehead atoms. The summed E-state index contributed by atoms with van der Waals surface area (Å²) in [6.07, 6.45) is 1.27. The van der Waals surface area contributed by atoms with Crippen LogP contribution in [0.4, 0.5) is 0 Å². The Balaban J connectivity index is 2.30. The maximum absolute atomic E-state index is 11.4. The van der Waals surface area contributed by atoms with Crippen LogP contribution in [-0.4, -0.2) is 27.3 Å². The van der Waals surface area contributed by atoms with Crippen molar-refractivity contribution < 1.29 is 13.9 Å². The molecular formula is C11H13N3O3. The van der Waals surface area contributed by atoms with Crippen LogP contribution in [-0.2, 0) is 4.74 Å². The van der Waals surface area contributed by atoms with Crippen molar-refractivity contribution in [2.75, 3.05) is 6.61 Å². The van der Waals surface area contributed by atoms with Gasteiger partial charge in [-0.3, -0.25) is 0 Å². The van der Waals surface area contributed by atoms with Crippen molar-refractivity contribution in [2.45, 2.75) is 20.8 Å². The maximum Gasteiger partial charge on any atom is 0.360 e. The second-order valence-electron chi connectivity index (χ2n) is 3.57. The Hall–Kier alpha value is -2.11. The summed E-state index contributed by atoms with van der Waals surface area (Å²) in [4.78, 5) is 15.4. The summed E-state index contributed by atoms with van der Waals surface area (Å²) in [5.41, 5.74) is 1.90. The smallest absolute Gasteiger partial charge is 0.360 e. The van der Waals surface area contributed by atoms with Crippen molar-refractivity contribution in [1.29, 1.82) is 0 Å². The molecule has 0 aliphatic rings. The lowest BCUT2D eigenvalue weighted by Gasteiger charge is -1.96. The molecule has 0 N–H and O–H groups in total. The van der Waals surface area contributed by atoms with E-state index in [1.54, 1.807) is 6.92 Å². The van der Waals surface area contributed by atoms with Crippen LogP contribution in [0.15, 0.2) is 16.7 Å². The standard InChI is InChI=1S/C11H13N3O3/c1-4-16-10(15)9-6-17-11(12-9)14-8(3)5-7(2)13-14/h5-6H,4H2,1-3H3. The third-order valence-electron chi connectivity index (χ3n) is 2.17. The average Bonchev–Trinajstić information content (AvgIpc) is 2.85. The lowest BCUT2D eigenvalue weighted by molar-refractivity contribution is 0.0519. The third kappa shape index (κ3) is 2.20. The number of carbonyl (C=O) groups excluding carboxylic acids is 1. The number of nitrogens with zero attached hydrogens (tertiary/aromatic N) is 3. The van der Waals surface area contributed by atoms with Crippen molar-refractivity contribution in [3.63, 3.8) is 0 Å². The first-order valence-electron chi connectivity index (χ1n) is 5.28. The zero-order valence-corrected chi connectivity index (χ0v) is 9.93. The van der Waals surface area contributed by atoms with Crippen LogP contribution < -0.4 is 0 Å². The SMILES string of the molecule is CCOC(=O)c1coc(-n2nc(C)cc2C)n1. The third-order valence-corrected chi connectivity index (χ3v) is 2.17. The van der Waals surface area contributed by atoms with Gasteiger partial charge >= 0.3 is 12.0 Å². The molecule has 6 nitrogen and oxygen atoms in total. The Morgan fingerprint density at radius 1 is 1.53 bits per heavy atom. The lowest BCUT2D eigenvalue weighted by atomic mass is 10.4. The van der Waals surface area contributed by atoms with Gasteiger partial charge in [0.1, 0.15) is 6.26 Å². The highest BCUT2D eigenvalue weighted by Crippen LogP contribution is 2.12. The first-order chi connectivity index (χ1) is 8.11. The van der Waals surface area contributed by atoms with Gasteiger partial charge in [0.05, 0.1) is 12.3 Å². The van der Waals surface area contributed by atoms with Gasteiger partial charge in [-0.25, -0.2) is 4.79 Å². The van der Waals surface area contributed by atoms with E-state index in [4.69, 9.17) is 9.15 Å². The highest BCUT2D eigenvalue weighted by Gasteiger charge is 2.15. The van der Waals surface area contributed by atoms with E-state index in [1.807, 2.05) is 19.9 Å². The van der Waals surface area contributed by atoms with Gasteiger partial charge in [-0.2, -0.15) is 14.8 Å². The number of hydrogen-bond donors (Lipinski definition) is 0. The summed E-state index contributed by atoms with van der Waals surface area (Å²) >= 11 is 0. The number of oxazole rings is 1. The van der Waals surface area contributed by atoms with Crippen molar-refractivity contribution in [2.24, 2.45) is 0 Å². The predicted molar refractivity (Wildman–Crippen MR) is 59.1 cm³/mol. The highest BCUT2D eigenvalue weighted by atomic mass is 16.5. The second kappa shape index (κ2) is 4.40. The second-order valence-corrected chi connectivity index (χ2v) is 3.57. The summed E-state index contributed by atoms with van der Waals surface area (Å²) in [6.45, 7) is 5.80. The van der Waals surface area contributed by atoms with Crippen LogP contribution in [0.2, 0.25) is 0 Å². The summed E-state index contributed by atoms with van der Waals surface area (Å²) in [5.74, 6) is -0.496. The Morgan fingerprint density at radius 3 is 2.88 bits per heavy atom. The van der Waals surface area contributed by atoms with Gasteiger partial charge in [-0.05, 0) is 26.8 Å². The normalized spacial score (nSPS) is 10.5. The van der Waals surface area contributed by atoms with Gasteiger partial charge in [-0.15, -0.1) is 0 Å². The van der Waals surface area contributed by atoms with Crippen LogP contribution in [0.1, 0.15) is 28.8 Å². The minimum atomic E-state index is -0.496. The molecule has 2 rings (SSSR count). The van der Waals surface area contributed by atoms with Crippen molar-refractivity contribution >= 4 is 5.97 Å². The molecule has 0 amide bonds. The number of carbonyl (C=O) groups is 1. The molecule has 2 aromatic rings. The van der Waals surface area contributed by atoms with Crippen LogP contribution in [0.25, 0.3) is 6.01 Å². The van der Waals surface area contributed by atoms with Gasteiger partial charge < -0.3 is 9.15 Å². The van der Waals surface area contributed by atoms with Gasteiger partial charge in [0.25, 0.3) is 0 Å². The van der Waals surface area contributed by atoms with Gasteiger partial charge in [0.15, 0.2) is 5.69 Å². The molecule has 0 unspecified atom stereocenters. The summed E-state index contributed by atoms with van der Waals surface area (Å²) in [7, 11) is 0. The van der Waals surface area contributed by atoms with Gasteiger partial charge in [-0.1, -0.05) is 0 Å². The van der Waals surface area contributed by atoms with E-state index in [2.05, 4.69) is 10.1 Å². The molecule has 0 aliphatic carbocycles. The van der Waals surface area contributed by atoms with Crippen LogP contribution in [0, 0.1) is 13.8 Å². The Morgan fingerprint density at radius 2 is 2.29 bits per heavy atom. The molecule has 6 heteroatoms. The Labute approximate surface area is 98.2 Å². The fourth-order valence-corrected chi connectivity index (χ4v) is 1.48. The van der Waals surface area contributed by atoms with E-state index in [0.29, 0.717) is 6.61 Å². The largest absolute Gasteiger partial charge is 0.461 e. The number of aromatic nitrogens is 3. The molecule has 90 valence electrons. The molecule has 0 saturated heterocycles. The molecule has 2 aromatic heterocycles. The van der Waals surface area contributed by atoms with E-state index < -0.39 is 5.97 Å². The summed E-state index contributed by atoms with van der Waals surface area (Å²) in [5, 5.41) is 4.21. The molecule has 0 saturated carbocycles. The van der Waals surface area contributed by atoms with E-state index in [1.165, 1.54) is 10.9 Å². The van der Waals surface area contributed by atoms with Crippen LogP contribution in [0.3, 0.4) is 0 Å². The number of hydrogen-bond acceptors (Lipinski definition) is 5. The number of aryl methyl sites for hydroxylation is 2. The summed E-state index contributed by atoms with van der Waals surface area (Å²) < 4.78 is 11.6. The van der Waals surface area contributed by atoms with Crippen molar-refractivity contribution in [3.8, 4) is 6.01 Å². The molecule has 0 aromatic carbocycles. The number of esters is 1. The molecule has 0 atom stereocenters. The van der Waals surface area contributed by atoms with Crippen LogP contribution >= 0.6 is 0 Å². The summed E-state index contributed by atoms with van der Waals surface area (Å²) in [6, 6.07) is 2.16. The lowest BCUT2D eigenvalue weighted by Crippen LogP contribution is -2.06. The minimum Gasteiger partial charge on any atom is -0.461 e. The Bertz CT molecular complexity index is 542. The molecule has 17 heavy (non-hydrogen) atoms. The average molecular weight is 235 g/mol. The highest BCUT2D eigenvalue weighted by molar-refractivity contribution is 5.86. The number of rotatable bonds is 3. The fourth-order valence-electron chi connectivity index (χ4n) is 1.48. The molecular weight excluding hydrogens is 222 g/mol. The van der Waals surface area contributed by atoms with Crippen molar-refractivity contribution in [3.05, 3.63) is 29.4 Å². The first kappa shape index (κ1) is 11.4. The molecule has 0 aliphatic heterocycles.